The molecule has 17 heavy (non-hydrogen) atoms. The first-order valence-electron chi connectivity index (χ1n) is 6.11. The summed E-state index contributed by atoms with van der Waals surface area (Å²) < 4.78 is 13.2. The van der Waals surface area contributed by atoms with Gasteiger partial charge >= 0.3 is 0 Å². The quantitative estimate of drug-likeness (QED) is 0.750. The second kappa shape index (κ2) is 6.45. The summed E-state index contributed by atoms with van der Waals surface area (Å²) in [5.41, 5.74) is 6.54. The molecule has 1 rings (SSSR count). The third-order valence-electron chi connectivity index (χ3n) is 2.88. The minimum Gasteiger partial charge on any atom is -0.395 e. The van der Waals surface area contributed by atoms with Crippen LogP contribution in [0, 0.1) is 5.82 Å². The maximum atomic E-state index is 13.2. The number of rotatable bonds is 6. The van der Waals surface area contributed by atoms with E-state index in [0.29, 0.717) is 5.69 Å². The van der Waals surface area contributed by atoms with Crippen LogP contribution < -0.4 is 11.1 Å². The monoisotopic (exact) mass is 239 g/mol. The Morgan fingerprint density at radius 3 is 2.59 bits per heavy atom. The van der Waals surface area contributed by atoms with Gasteiger partial charge in [0.05, 0.1) is 11.4 Å². The van der Waals surface area contributed by atoms with Gasteiger partial charge in [0.1, 0.15) is 5.82 Å². The van der Waals surface area contributed by atoms with Crippen molar-refractivity contribution >= 4 is 11.4 Å². The Bertz CT molecular complexity index is 351. The fourth-order valence-electron chi connectivity index (χ4n) is 1.84. The van der Waals surface area contributed by atoms with Crippen molar-refractivity contribution in [2.45, 2.75) is 26.8 Å². The highest BCUT2D eigenvalue weighted by Gasteiger charge is 2.10. The molecule has 0 aliphatic rings. The third-order valence-corrected chi connectivity index (χ3v) is 2.88. The van der Waals surface area contributed by atoms with E-state index in [0.717, 1.165) is 19.6 Å². The fourth-order valence-corrected chi connectivity index (χ4v) is 1.84. The predicted octanol–water partition coefficient (Wildman–Crippen LogP) is 2.55. The highest BCUT2D eigenvalue weighted by molar-refractivity contribution is 5.66. The zero-order chi connectivity index (χ0) is 12.8. The Morgan fingerprint density at radius 1 is 1.35 bits per heavy atom. The van der Waals surface area contributed by atoms with Gasteiger partial charge in [0, 0.05) is 12.6 Å². The summed E-state index contributed by atoms with van der Waals surface area (Å²) in [5.74, 6) is -0.370. The van der Waals surface area contributed by atoms with Crippen LogP contribution in [0.15, 0.2) is 18.2 Å². The number of benzene rings is 1. The molecule has 1 unspecified atom stereocenters. The maximum absolute atomic E-state index is 13.2. The summed E-state index contributed by atoms with van der Waals surface area (Å²) in [7, 11) is 0. The van der Waals surface area contributed by atoms with E-state index in [2.05, 4.69) is 31.0 Å². The Morgan fingerprint density at radius 2 is 2.00 bits per heavy atom. The average molecular weight is 239 g/mol. The number of para-hydroxylation sites is 1. The molecule has 0 bridgehead atoms. The Kier molecular flexibility index (Phi) is 5.22. The van der Waals surface area contributed by atoms with Crippen molar-refractivity contribution in [2.75, 3.05) is 30.7 Å². The van der Waals surface area contributed by atoms with Crippen molar-refractivity contribution < 1.29 is 4.39 Å². The minimum atomic E-state index is -0.370. The van der Waals surface area contributed by atoms with E-state index in [9.17, 15) is 4.39 Å². The van der Waals surface area contributed by atoms with Crippen LogP contribution in [0.25, 0.3) is 0 Å². The summed E-state index contributed by atoms with van der Waals surface area (Å²) in [6.45, 7) is 9.29. The number of nitrogen functional groups attached to an aromatic ring is 1. The van der Waals surface area contributed by atoms with Gasteiger partial charge in [-0.2, -0.15) is 0 Å². The van der Waals surface area contributed by atoms with E-state index < -0.39 is 0 Å². The van der Waals surface area contributed by atoms with Crippen molar-refractivity contribution in [2.24, 2.45) is 0 Å². The molecule has 0 saturated carbocycles. The maximum Gasteiger partial charge on any atom is 0.148 e. The molecule has 0 amide bonds. The van der Waals surface area contributed by atoms with Crippen LogP contribution in [-0.4, -0.2) is 30.6 Å². The van der Waals surface area contributed by atoms with Gasteiger partial charge in [0.25, 0.3) is 0 Å². The molecule has 1 aromatic rings. The number of nitrogens with two attached hydrogens (primary N) is 1. The summed E-state index contributed by atoms with van der Waals surface area (Å²) >= 11 is 0. The molecule has 1 aromatic carbocycles. The first kappa shape index (κ1) is 13.8. The summed E-state index contributed by atoms with van der Waals surface area (Å²) in [4.78, 5) is 2.31. The highest BCUT2D eigenvalue weighted by Crippen LogP contribution is 2.21. The van der Waals surface area contributed by atoms with Gasteiger partial charge < -0.3 is 16.0 Å². The van der Waals surface area contributed by atoms with E-state index in [4.69, 9.17) is 5.73 Å². The van der Waals surface area contributed by atoms with Crippen molar-refractivity contribution in [1.29, 1.82) is 0 Å². The summed E-state index contributed by atoms with van der Waals surface area (Å²) in [6.07, 6.45) is 0. The van der Waals surface area contributed by atoms with E-state index in [1.807, 2.05) is 0 Å². The third kappa shape index (κ3) is 3.89. The smallest absolute Gasteiger partial charge is 0.148 e. The second-order valence-electron chi connectivity index (χ2n) is 4.23. The second-order valence-corrected chi connectivity index (χ2v) is 4.23. The Balaban J connectivity index is 2.61. The molecular weight excluding hydrogens is 217 g/mol. The fraction of sp³-hybridized carbons (Fsp3) is 0.538. The van der Waals surface area contributed by atoms with Crippen LogP contribution in [0.3, 0.4) is 0 Å². The lowest BCUT2D eigenvalue weighted by Crippen LogP contribution is -2.34. The standard InChI is InChI=1S/C13H22FN3/c1-4-17(5-2)9-10(3)16-12-8-6-7-11(14)13(12)15/h6-8,10,16H,4-5,9,15H2,1-3H3. The van der Waals surface area contributed by atoms with Crippen LogP contribution in [0.4, 0.5) is 15.8 Å². The van der Waals surface area contributed by atoms with Gasteiger partial charge in [-0.05, 0) is 32.1 Å². The lowest BCUT2D eigenvalue weighted by atomic mass is 10.2. The van der Waals surface area contributed by atoms with E-state index in [1.54, 1.807) is 12.1 Å². The van der Waals surface area contributed by atoms with Gasteiger partial charge in [0.15, 0.2) is 0 Å². The van der Waals surface area contributed by atoms with Crippen LogP contribution in [0.2, 0.25) is 0 Å². The molecule has 0 radical (unpaired) electrons. The molecule has 0 aliphatic heterocycles. The highest BCUT2D eigenvalue weighted by atomic mass is 19.1. The molecule has 3 N–H and O–H groups in total. The van der Waals surface area contributed by atoms with Gasteiger partial charge in [0.2, 0.25) is 0 Å². The molecular formula is C13H22FN3. The molecule has 0 fully saturated rings. The zero-order valence-corrected chi connectivity index (χ0v) is 10.8. The van der Waals surface area contributed by atoms with Crippen molar-refractivity contribution in [3.63, 3.8) is 0 Å². The van der Waals surface area contributed by atoms with E-state index in [1.165, 1.54) is 6.07 Å². The number of nitrogens with zero attached hydrogens (tertiary/aromatic N) is 1. The first-order valence-corrected chi connectivity index (χ1v) is 6.11. The van der Waals surface area contributed by atoms with Gasteiger partial charge in [-0.15, -0.1) is 0 Å². The molecule has 96 valence electrons. The molecule has 0 heterocycles. The Labute approximate surface area is 103 Å². The van der Waals surface area contributed by atoms with Gasteiger partial charge in [-0.1, -0.05) is 19.9 Å². The predicted molar refractivity (Wildman–Crippen MR) is 71.7 cm³/mol. The van der Waals surface area contributed by atoms with Crippen LogP contribution in [0.5, 0.6) is 0 Å². The number of hydrogen-bond acceptors (Lipinski definition) is 3. The average Bonchev–Trinajstić information content (AvgIpc) is 2.32. The molecule has 1 atom stereocenters. The SMILES string of the molecule is CCN(CC)CC(C)Nc1cccc(F)c1N. The van der Waals surface area contributed by atoms with Crippen LogP contribution in [0.1, 0.15) is 20.8 Å². The first-order chi connectivity index (χ1) is 8.08. The van der Waals surface area contributed by atoms with Gasteiger partial charge in [-0.25, -0.2) is 4.39 Å². The molecule has 3 nitrogen and oxygen atoms in total. The molecule has 4 heteroatoms. The summed E-state index contributed by atoms with van der Waals surface area (Å²) in [5, 5.41) is 3.24. The topological polar surface area (TPSA) is 41.3 Å². The lowest BCUT2D eigenvalue weighted by molar-refractivity contribution is 0.295. The minimum absolute atomic E-state index is 0.193. The van der Waals surface area contributed by atoms with Crippen molar-refractivity contribution in [3.05, 3.63) is 24.0 Å². The van der Waals surface area contributed by atoms with E-state index in [-0.39, 0.29) is 17.5 Å². The number of nitrogens with one attached hydrogen (secondary N) is 1. The number of halogens is 1. The normalized spacial score (nSPS) is 12.8. The summed E-state index contributed by atoms with van der Waals surface area (Å²) in [6, 6.07) is 5.07. The molecule has 0 aromatic heterocycles. The largest absolute Gasteiger partial charge is 0.395 e. The zero-order valence-electron chi connectivity index (χ0n) is 10.8. The number of anilines is 2. The van der Waals surface area contributed by atoms with Crippen LogP contribution in [-0.2, 0) is 0 Å². The molecule has 0 spiro atoms. The molecule has 0 saturated heterocycles. The van der Waals surface area contributed by atoms with E-state index >= 15 is 0 Å². The number of hydrogen-bond donors (Lipinski definition) is 2. The van der Waals surface area contributed by atoms with Crippen molar-refractivity contribution in [1.82, 2.24) is 4.90 Å². The van der Waals surface area contributed by atoms with Crippen LogP contribution >= 0.6 is 0 Å². The lowest BCUT2D eigenvalue weighted by Gasteiger charge is -2.24. The molecule has 0 aliphatic carbocycles. The van der Waals surface area contributed by atoms with Crippen molar-refractivity contribution in [3.8, 4) is 0 Å². The number of likely N-dealkylation sites (N-methyl/N-ethyl adjacent to an activating group) is 1. The van der Waals surface area contributed by atoms with Gasteiger partial charge in [-0.3, -0.25) is 0 Å². The Hall–Kier alpha value is -1.29.